The van der Waals surface area contributed by atoms with Crippen LogP contribution in [0.5, 0.6) is 0 Å². The molecule has 2 heteroatoms. The number of rotatable bonds is 5. The molecule has 0 radical (unpaired) electrons. The first kappa shape index (κ1) is 13.3. The van der Waals surface area contributed by atoms with Gasteiger partial charge in [0.25, 0.3) is 0 Å². The van der Waals surface area contributed by atoms with Gasteiger partial charge in [0, 0.05) is 11.8 Å². The molecule has 0 spiro atoms. The Morgan fingerprint density at radius 1 is 1.11 bits per heavy atom. The van der Waals surface area contributed by atoms with Crippen molar-refractivity contribution in [2.75, 3.05) is 0 Å². The van der Waals surface area contributed by atoms with Crippen molar-refractivity contribution in [1.29, 1.82) is 5.26 Å². The minimum absolute atomic E-state index is 0.683. The molecule has 0 atom stereocenters. The van der Waals surface area contributed by atoms with E-state index in [2.05, 4.69) is 30.1 Å². The maximum atomic E-state index is 8.80. The van der Waals surface area contributed by atoms with Crippen LogP contribution >= 0.6 is 0 Å². The lowest BCUT2D eigenvalue weighted by Crippen LogP contribution is -1.89. The summed E-state index contributed by atoms with van der Waals surface area (Å²) in [4.78, 5) is 4.41. The summed E-state index contributed by atoms with van der Waals surface area (Å²) >= 11 is 0. The first-order chi connectivity index (χ1) is 9.33. The van der Waals surface area contributed by atoms with Gasteiger partial charge in [-0.2, -0.15) is 5.26 Å². The molecule has 2 aromatic rings. The minimum Gasteiger partial charge on any atom is -0.256 e. The molecule has 0 aliphatic heterocycles. The molecule has 0 saturated carbocycles. The van der Waals surface area contributed by atoms with E-state index < -0.39 is 0 Å². The fourth-order valence-corrected chi connectivity index (χ4v) is 2.08. The standard InChI is InChI=1S/C17H18N2/c1-2-3-4-5-14-10-11-19-17(12-14)16-8-6-15(13-18)7-9-16/h6-12H,2-5H2,1H3. The molecule has 1 aromatic heterocycles. The van der Waals surface area contributed by atoms with Gasteiger partial charge in [-0.3, -0.25) is 4.98 Å². The zero-order valence-electron chi connectivity index (χ0n) is 11.3. The van der Waals surface area contributed by atoms with Gasteiger partial charge in [0.15, 0.2) is 0 Å². The molecule has 1 aromatic carbocycles. The highest BCUT2D eigenvalue weighted by Crippen LogP contribution is 2.19. The molecular weight excluding hydrogens is 232 g/mol. The molecule has 96 valence electrons. The van der Waals surface area contributed by atoms with Crippen molar-refractivity contribution in [2.24, 2.45) is 0 Å². The van der Waals surface area contributed by atoms with Crippen molar-refractivity contribution in [3.63, 3.8) is 0 Å². The van der Waals surface area contributed by atoms with Gasteiger partial charge in [-0.25, -0.2) is 0 Å². The Hall–Kier alpha value is -2.14. The second-order valence-corrected chi connectivity index (χ2v) is 4.70. The number of nitrogens with zero attached hydrogens (tertiary/aromatic N) is 2. The van der Waals surface area contributed by atoms with Crippen LogP contribution in [0, 0.1) is 11.3 Å². The van der Waals surface area contributed by atoms with E-state index in [0.29, 0.717) is 5.56 Å². The van der Waals surface area contributed by atoms with Crippen molar-refractivity contribution < 1.29 is 0 Å². The number of unbranched alkanes of at least 4 members (excludes halogenated alkanes) is 2. The van der Waals surface area contributed by atoms with E-state index >= 15 is 0 Å². The summed E-state index contributed by atoms with van der Waals surface area (Å²) in [7, 11) is 0. The van der Waals surface area contributed by atoms with Crippen LogP contribution in [0.2, 0.25) is 0 Å². The van der Waals surface area contributed by atoms with Gasteiger partial charge in [0.05, 0.1) is 17.3 Å². The van der Waals surface area contributed by atoms with Crippen molar-refractivity contribution in [3.05, 3.63) is 53.7 Å². The SMILES string of the molecule is CCCCCc1ccnc(-c2ccc(C#N)cc2)c1. The average Bonchev–Trinajstić information content (AvgIpc) is 2.48. The third-order valence-electron chi connectivity index (χ3n) is 3.20. The Balaban J connectivity index is 2.15. The predicted molar refractivity (Wildman–Crippen MR) is 77.6 cm³/mol. The largest absolute Gasteiger partial charge is 0.256 e. The second kappa shape index (κ2) is 6.70. The lowest BCUT2D eigenvalue weighted by molar-refractivity contribution is 0.717. The third kappa shape index (κ3) is 3.66. The lowest BCUT2D eigenvalue weighted by Gasteiger charge is -2.05. The second-order valence-electron chi connectivity index (χ2n) is 4.70. The van der Waals surface area contributed by atoms with Crippen molar-refractivity contribution >= 4 is 0 Å². The molecule has 2 rings (SSSR count). The molecule has 19 heavy (non-hydrogen) atoms. The van der Waals surface area contributed by atoms with E-state index in [1.807, 2.05) is 30.5 Å². The van der Waals surface area contributed by atoms with E-state index in [1.54, 1.807) is 0 Å². The quantitative estimate of drug-likeness (QED) is 0.739. The zero-order chi connectivity index (χ0) is 13.5. The van der Waals surface area contributed by atoms with Crippen LogP contribution in [0.3, 0.4) is 0 Å². The minimum atomic E-state index is 0.683. The number of hydrogen-bond donors (Lipinski definition) is 0. The fraction of sp³-hybridized carbons (Fsp3) is 0.294. The van der Waals surface area contributed by atoms with E-state index in [-0.39, 0.29) is 0 Å². The van der Waals surface area contributed by atoms with Gasteiger partial charge < -0.3 is 0 Å². The maximum Gasteiger partial charge on any atom is 0.0991 e. The summed E-state index contributed by atoms with van der Waals surface area (Å²) in [5.41, 5.74) is 4.07. The van der Waals surface area contributed by atoms with Gasteiger partial charge in [-0.05, 0) is 42.7 Å². The number of aromatic nitrogens is 1. The molecule has 1 heterocycles. The summed E-state index contributed by atoms with van der Waals surface area (Å²) < 4.78 is 0. The first-order valence-electron chi connectivity index (χ1n) is 6.79. The third-order valence-corrected chi connectivity index (χ3v) is 3.20. The lowest BCUT2D eigenvalue weighted by atomic mass is 10.0. The van der Waals surface area contributed by atoms with Crippen LogP contribution in [-0.4, -0.2) is 4.98 Å². The normalized spacial score (nSPS) is 10.1. The van der Waals surface area contributed by atoms with Crippen LogP contribution in [0.15, 0.2) is 42.6 Å². The molecule has 0 aliphatic carbocycles. The first-order valence-corrected chi connectivity index (χ1v) is 6.79. The Morgan fingerprint density at radius 2 is 1.89 bits per heavy atom. The topological polar surface area (TPSA) is 36.7 Å². The highest BCUT2D eigenvalue weighted by atomic mass is 14.7. The smallest absolute Gasteiger partial charge is 0.0991 e. The van der Waals surface area contributed by atoms with Gasteiger partial charge >= 0.3 is 0 Å². The fourth-order valence-electron chi connectivity index (χ4n) is 2.08. The van der Waals surface area contributed by atoms with Crippen LogP contribution < -0.4 is 0 Å². The number of nitriles is 1. The maximum absolute atomic E-state index is 8.80. The zero-order valence-corrected chi connectivity index (χ0v) is 11.3. The van der Waals surface area contributed by atoms with E-state index in [4.69, 9.17) is 5.26 Å². The van der Waals surface area contributed by atoms with E-state index in [0.717, 1.165) is 17.7 Å². The van der Waals surface area contributed by atoms with Crippen LogP contribution in [0.25, 0.3) is 11.3 Å². The Bertz CT molecular complexity index is 565. The molecule has 0 amide bonds. The molecule has 0 aliphatic rings. The molecule has 0 fully saturated rings. The molecule has 2 nitrogen and oxygen atoms in total. The van der Waals surface area contributed by atoms with Crippen molar-refractivity contribution in [1.82, 2.24) is 4.98 Å². The average molecular weight is 250 g/mol. The molecule has 0 N–H and O–H groups in total. The van der Waals surface area contributed by atoms with Gasteiger partial charge in [0.1, 0.15) is 0 Å². The van der Waals surface area contributed by atoms with Gasteiger partial charge in [-0.15, -0.1) is 0 Å². The number of benzene rings is 1. The summed E-state index contributed by atoms with van der Waals surface area (Å²) in [6.45, 7) is 2.22. The van der Waals surface area contributed by atoms with Crippen LogP contribution in [0.4, 0.5) is 0 Å². The van der Waals surface area contributed by atoms with E-state index in [1.165, 1.54) is 24.8 Å². The molecule has 0 unspecified atom stereocenters. The number of hydrogen-bond acceptors (Lipinski definition) is 2. The van der Waals surface area contributed by atoms with Gasteiger partial charge in [-0.1, -0.05) is 31.9 Å². The monoisotopic (exact) mass is 250 g/mol. The Kier molecular flexibility index (Phi) is 4.69. The Morgan fingerprint density at radius 3 is 2.58 bits per heavy atom. The summed E-state index contributed by atoms with van der Waals surface area (Å²) in [5.74, 6) is 0. The molecule has 0 saturated heterocycles. The van der Waals surface area contributed by atoms with E-state index in [9.17, 15) is 0 Å². The molecule has 0 bridgehead atoms. The predicted octanol–water partition coefficient (Wildman–Crippen LogP) is 4.35. The van der Waals surface area contributed by atoms with Crippen LogP contribution in [-0.2, 0) is 6.42 Å². The van der Waals surface area contributed by atoms with Gasteiger partial charge in [0.2, 0.25) is 0 Å². The summed E-state index contributed by atoms with van der Waals surface area (Å²) in [6, 6.07) is 13.9. The number of aryl methyl sites for hydroxylation is 1. The highest BCUT2D eigenvalue weighted by molar-refractivity contribution is 5.60. The van der Waals surface area contributed by atoms with Crippen LogP contribution in [0.1, 0.15) is 37.3 Å². The summed E-state index contributed by atoms with van der Waals surface area (Å²) in [6.07, 6.45) is 6.73. The van der Waals surface area contributed by atoms with Crippen molar-refractivity contribution in [3.8, 4) is 17.3 Å². The highest BCUT2D eigenvalue weighted by Gasteiger charge is 2.01. The Labute approximate surface area is 114 Å². The summed E-state index contributed by atoms with van der Waals surface area (Å²) in [5, 5.41) is 8.80. The number of pyridine rings is 1. The molecular formula is C17H18N2. The van der Waals surface area contributed by atoms with Crippen molar-refractivity contribution in [2.45, 2.75) is 32.6 Å².